The fourth-order valence-electron chi connectivity index (χ4n) is 1.83. The van der Waals surface area contributed by atoms with Crippen molar-refractivity contribution in [2.45, 2.75) is 39.8 Å². The Bertz CT molecular complexity index is 468. The lowest BCUT2D eigenvalue weighted by Crippen LogP contribution is -2.35. The highest BCUT2D eigenvalue weighted by molar-refractivity contribution is 5.80. The molecule has 0 bridgehead atoms. The number of nitrogens with one attached hydrogen (secondary N) is 1. The van der Waals surface area contributed by atoms with Crippen molar-refractivity contribution in [3.8, 4) is 0 Å². The smallest absolute Gasteiger partial charge is 0.250 e. The van der Waals surface area contributed by atoms with Gasteiger partial charge >= 0.3 is 0 Å². The van der Waals surface area contributed by atoms with Crippen LogP contribution in [0.3, 0.4) is 0 Å². The third-order valence-corrected chi connectivity index (χ3v) is 2.91. The Kier molecular flexibility index (Phi) is 6.29. The minimum absolute atomic E-state index is 0.00555. The summed E-state index contributed by atoms with van der Waals surface area (Å²) < 4.78 is 6.90. The Morgan fingerprint density at radius 3 is 2.84 bits per heavy atom. The minimum atomic E-state index is -0.425. The molecular formula is C14H22N2O3. The summed E-state index contributed by atoms with van der Waals surface area (Å²) in [5.74, 6) is -0.112. The van der Waals surface area contributed by atoms with Crippen molar-refractivity contribution in [1.29, 1.82) is 0 Å². The highest BCUT2D eigenvalue weighted by Gasteiger charge is 2.11. The van der Waals surface area contributed by atoms with Crippen molar-refractivity contribution in [1.82, 2.24) is 9.88 Å². The molecule has 0 unspecified atom stereocenters. The first kappa shape index (κ1) is 15.4. The van der Waals surface area contributed by atoms with E-state index in [-0.39, 0.29) is 11.5 Å². The summed E-state index contributed by atoms with van der Waals surface area (Å²) in [6.07, 6.45) is 0.293. The number of rotatable bonds is 7. The Hall–Kier alpha value is -1.62. The highest BCUT2D eigenvalue weighted by atomic mass is 16.5. The molecule has 1 aromatic rings. The average Bonchev–Trinajstić information content (AvgIpc) is 2.37. The van der Waals surface area contributed by atoms with E-state index in [1.165, 1.54) is 0 Å². The second kappa shape index (κ2) is 7.74. The first-order valence-corrected chi connectivity index (χ1v) is 6.62. The molecule has 0 saturated carbocycles. The predicted molar refractivity (Wildman–Crippen MR) is 74.2 cm³/mol. The van der Waals surface area contributed by atoms with Crippen LogP contribution in [0.2, 0.25) is 0 Å². The molecule has 0 spiro atoms. The van der Waals surface area contributed by atoms with Crippen LogP contribution in [0.15, 0.2) is 23.0 Å². The van der Waals surface area contributed by atoms with Crippen LogP contribution >= 0.6 is 0 Å². The van der Waals surface area contributed by atoms with Gasteiger partial charge in [0.15, 0.2) is 0 Å². The number of nitrogens with zero attached hydrogens (tertiary/aromatic N) is 1. The fraction of sp³-hybridized carbons (Fsp3) is 0.571. The summed E-state index contributed by atoms with van der Waals surface area (Å²) in [6, 6.07) is 5.19. The van der Waals surface area contributed by atoms with E-state index in [9.17, 15) is 9.59 Å². The topological polar surface area (TPSA) is 60.3 Å². The van der Waals surface area contributed by atoms with Gasteiger partial charge in [0.1, 0.15) is 6.10 Å². The molecule has 5 heteroatoms. The minimum Gasteiger partial charge on any atom is -0.369 e. The van der Waals surface area contributed by atoms with Crippen LogP contribution in [0, 0.1) is 6.92 Å². The molecule has 1 N–H and O–H groups in total. The van der Waals surface area contributed by atoms with Crippen molar-refractivity contribution < 1.29 is 9.53 Å². The number of ether oxygens (including phenoxy) is 1. The second-order valence-electron chi connectivity index (χ2n) is 4.40. The van der Waals surface area contributed by atoms with E-state index < -0.39 is 6.10 Å². The maximum atomic E-state index is 11.6. The standard InChI is InChI=1S/C14H22N2O3/c1-4-19-12(3)14(18)15-9-6-10-16-11(2)7-5-8-13(16)17/h5,7-8,12H,4,6,9-10H2,1-3H3,(H,15,18)/t12-/m1/s1. The van der Waals surface area contributed by atoms with Crippen LogP contribution in [0.4, 0.5) is 0 Å². The van der Waals surface area contributed by atoms with E-state index in [1.807, 2.05) is 19.9 Å². The van der Waals surface area contributed by atoms with E-state index in [1.54, 1.807) is 23.6 Å². The molecule has 0 aliphatic rings. The number of aromatic nitrogens is 1. The van der Waals surface area contributed by atoms with Gasteiger partial charge in [0.05, 0.1) is 0 Å². The molecule has 0 aliphatic carbocycles. The molecular weight excluding hydrogens is 244 g/mol. The molecule has 0 aromatic carbocycles. The zero-order valence-electron chi connectivity index (χ0n) is 11.8. The molecule has 0 aliphatic heterocycles. The number of amides is 1. The van der Waals surface area contributed by atoms with Gasteiger partial charge in [-0.15, -0.1) is 0 Å². The summed E-state index contributed by atoms with van der Waals surface area (Å²) in [6.45, 7) is 7.15. The molecule has 0 saturated heterocycles. The van der Waals surface area contributed by atoms with Gasteiger partial charge in [0.2, 0.25) is 5.91 Å². The zero-order valence-corrected chi connectivity index (χ0v) is 11.8. The van der Waals surface area contributed by atoms with Gasteiger partial charge in [0, 0.05) is 31.5 Å². The van der Waals surface area contributed by atoms with Crippen LogP contribution < -0.4 is 10.9 Å². The van der Waals surface area contributed by atoms with Crippen molar-refractivity contribution >= 4 is 5.91 Å². The number of hydrogen-bond donors (Lipinski definition) is 1. The number of pyridine rings is 1. The van der Waals surface area contributed by atoms with E-state index in [0.29, 0.717) is 19.7 Å². The first-order valence-electron chi connectivity index (χ1n) is 6.62. The zero-order chi connectivity index (χ0) is 14.3. The summed E-state index contributed by atoms with van der Waals surface area (Å²) in [4.78, 5) is 23.2. The van der Waals surface area contributed by atoms with Crippen molar-refractivity contribution in [3.05, 3.63) is 34.2 Å². The Labute approximate surface area is 113 Å². The van der Waals surface area contributed by atoms with Gasteiger partial charge in [-0.2, -0.15) is 0 Å². The molecule has 0 radical (unpaired) electrons. The molecule has 1 rings (SSSR count). The molecule has 5 nitrogen and oxygen atoms in total. The van der Waals surface area contributed by atoms with E-state index in [2.05, 4.69) is 5.32 Å². The fourth-order valence-corrected chi connectivity index (χ4v) is 1.83. The monoisotopic (exact) mass is 266 g/mol. The maximum absolute atomic E-state index is 11.6. The van der Waals surface area contributed by atoms with E-state index in [4.69, 9.17) is 4.74 Å². The number of hydrogen-bond acceptors (Lipinski definition) is 3. The van der Waals surface area contributed by atoms with E-state index >= 15 is 0 Å². The van der Waals surface area contributed by atoms with Gasteiger partial charge < -0.3 is 14.6 Å². The Morgan fingerprint density at radius 2 is 2.21 bits per heavy atom. The predicted octanol–water partition coefficient (Wildman–Crippen LogP) is 1.09. The van der Waals surface area contributed by atoms with Crippen molar-refractivity contribution in [2.75, 3.05) is 13.2 Å². The van der Waals surface area contributed by atoms with Crippen molar-refractivity contribution in [2.24, 2.45) is 0 Å². The maximum Gasteiger partial charge on any atom is 0.250 e. The lowest BCUT2D eigenvalue weighted by molar-refractivity contribution is -0.131. The van der Waals surface area contributed by atoms with Crippen LogP contribution in [0.1, 0.15) is 26.0 Å². The molecule has 0 fully saturated rings. The quantitative estimate of drug-likeness (QED) is 0.751. The molecule has 1 aromatic heterocycles. The van der Waals surface area contributed by atoms with Crippen LogP contribution in [-0.2, 0) is 16.1 Å². The van der Waals surface area contributed by atoms with Crippen LogP contribution in [0.5, 0.6) is 0 Å². The number of carbonyl (C=O) groups excluding carboxylic acids is 1. The van der Waals surface area contributed by atoms with Gasteiger partial charge in [-0.25, -0.2) is 0 Å². The third kappa shape index (κ3) is 4.87. The van der Waals surface area contributed by atoms with Crippen LogP contribution in [0.25, 0.3) is 0 Å². The van der Waals surface area contributed by atoms with Crippen LogP contribution in [-0.4, -0.2) is 29.7 Å². The third-order valence-electron chi connectivity index (χ3n) is 2.91. The first-order chi connectivity index (χ1) is 9.06. The highest BCUT2D eigenvalue weighted by Crippen LogP contribution is 1.95. The summed E-state index contributed by atoms with van der Waals surface area (Å²) >= 11 is 0. The largest absolute Gasteiger partial charge is 0.369 e. The van der Waals surface area contributed by atoms with Gasteiger partial charge in [0.25, 0.3) is 5.56 Å². The lowest BCUT2D eigenvalue weighted by Gasteiger charge is -2.13. The summed E-state index contributed by atoms with van der Waals surface area (Å²) in [7, 11) is 0. The molecule has 1 amide bonds. The van der Waals surface area contributed by atoms with Gasteiger partial charge in [-0.05, 0) is 33.3 Å². The van der Waals surface area contributed by atoms with E-state index in [0.717, 1.165) is 12.1 Å². The SMILES string of the molecule is CCO[C@H](C)C(=O)NCCCn1c(C)cccc1=O. The van der Waals surface area contributed by atoms with Gasteiger partial charge in [-0.1, -0.05) is 6.07 Å². The molecule has 1 atom stereocenters. The lowest BCUT2D eigenvalue weighted by atomic mass is 10.3. The Balaban J connectivity index is 2.35. The normalized spacial score (nSPS) is 12.2. The summed E-state index contributed by atoms with van der Waals surface area (Å²) in [5.41, 5.74) is 0.926. The second-order valence-corrected chi connectivity index (χ2v) is 4.40. The molecule has 19 heavy (non-hydrogen) atoms. The number of aryl methyl sites for hydroxylation is 1. The average molecular weight is 266 g/mol. The Morgan fingerprint density at radius 1 is 1.47 bits per heavy atom. The van der Waals surface area contributed by atoms with Gasteiger partial charge in [-0.3, -0.25) is 9.59 Å². The molecule has 106 valence electrons. The number of carbonyl (C=O) groups is 1. The summed E-state index contributed by atoms with van der Waals surface area (Å²) in [5, 5.41) is 2.80. The molecule has 1 heterocycles. The van der Waals surface area contributed by atoms with Crippen molar-refractivity contribution in [3.63, 3.8) is 0 Å².